The third kappa shape index (κ3) is 0.816. The van der Waals surface area contributed by atoms with Crippen LogP contribution in [0.5, 0.6) is 0 Å². The minimum Gasteiger partial charge on any atom is -0.380 e. The van der Waals surface area contributed by atoms with Gasteiger partial charge in [0.15, 0.2) is 0 Å². The molecule has 5 rings (SSSR count). The largest absolute Gasteiger partial charge is 0.380 e. The summed E-state index contributed by atoms with van der Waals surface area (Å²) in [7, 11) is 0. The highest BCUT2D eigenvalue weighted by Gasteiger charge is 2.55. The second-order valence-electron chi connectivity index (χ2n) is 5.80. The van der Waals surface area contributed by atoms with Gasteiger partial charge in [0.05, 0.1) is 13.2 Å². The molecule has 5 aliphatic rings. The number of rotatable bonds is 1. The van der Waals surface area contributed by atoms with E-state index < -0.39 is 0 Å². The Morgan fingerprint density at radius 2 is 1.85 bits per heavy atom. The quantitative estimate of drug-likeness (QED) is 0.598. The van der Waals surface area contributed by atoms with E-state index in [0.717, 1.165) is 31.1 Å². The fraction of sp³-hybridized carbons (Fsp3) is 1.00. The predicted octanol–water partition coefficient (Wildman–Crippen LogP) is 1.12. The average molecular weight is 179 g/mol. The van der Waals surface area contributed by atoms with Crippen LogP contribution in [-0.2, 0) is 4.74 Å². The second-order valence-corrected chi connectivity index (χ2v) is 5.80. The van der Waals surface area contributed by atoms with Crippen molar-refractivity contribution in [2.75, 3.05) is 26.3 Å². The van der Waals surface area contributed by atoms with Gasteiger partial charge in [-0.3, -0.25) is 4.90 Å². The van der Waals surface area contributed by atoms with Crippen LogP contribution in [0.15, 0.2) is 0 Å². The summed E-state index contributed by atoms with van der Waals surface area (Å²) in [5.41, 5.74) is 0.632. The summed E-state index contributed by atoms with van der Waals surface area (Å²) >= 11 is 0. The molecule has 0 aromatic carbocycles. The molecule has 2 saturated heterocycles. The standard InChI is InChI=1S/C11H17NO/c1-8-2-9(1)10(3-8)12-4-11(5-12)6-13-7-11/h8-10H,1-7H2. The van der Waals surface area contributed by atoms with Gasteiger partial charge in [0.1, 0.15) is 0 Å². The third-order valence-electron chi connectivity index (χ3n) is 4.75. The van der Waals surface area contributed by atoms with Crippen LogP contribution >= 0.6 is 0 Å². The van der Waals surface area contributed by atoms with Crippen molar-refractivity contribution in [3.05, 3.63) is 0 Å². The van der Waals surface area contributed by atoms with Crippen molar-refractivity contribution in [2.24, 2.45) is 17.3 Å². The van der Waals surface area contributed by atoms with Gasteiger partial charge in [0.25, 0.3) is 0 Å². The van der Waals surface area contributed by atoms with Gasteiger partial charge in [-0.25, -0.2) is 0 Å². The summed E-state index contributed by atoms with van der Waals surface area (Å²) in [5.74, 6) is 2.20. The molecule has 2 bridgehead atoms. The van der Waals surface area contributed by atoms with E-state index in [4.69, 9.17) is 4.74 Å². The topological polar surface area (TPSA) is 12.5 Å². The molecule has 2 heterocycles. The van der Waals surface area contributed by atoms with Crippen LogP contribution in [0.2, 0.25) is 0 Å². The Balaban J connectivity index is 1.43. The molecule has 1 unspecified atom stereocenters. The number of nitrogens with zero attached hydrogens (tertiary/aromatic N) is 1. The first-order chi connectivity index (χ1) is 6.35. The lowest BCUT2D eigenvalue weighted by atomic mass is 9.76. The maximum absolute atomic E-state index is 5.30. The zero-order valence-corrected chi connectivity index (χ0v) is 8.04. The highest BCUT2D eigenvalue weighted by Crippen LogP contribution is 2.53. The maximum Gasteiger partial charge on any atom is 0.0569 e. The molecule has 0 amide bonds. The minimum absolute atomic E-state index is 0.632. The molecule has 0 N–H and O–H groups in total. The van der Waals surface area contributed by atoms with Gasteiger partial charge < -0.3 is 4.74 Å². The second kappa shape index (κ2) is 2.12. The first-order valence-electron chi connectivity index (χ1n) is 5.67. The van der Waals surface area contributed by atoms with Gasteiger partial charge in [-0.2, -0.15) is 0 Å². The molecular weight excluding hydrogens is 162 g/mol. The fourth-order valence-corrected chi connectivity index (χ4v) is 3.90. The Morgan fingerprint density at radius 1 is 1.08 bits per heavy atom. The molecule has 5 fully saturated rings. The highest BCUT2D eigenvalue weighted by molar-refractivity contribution is 5.07. The Kier molecular flexibility index (Phi) is 1.18. The van der Waals surface area contributed by atoms with E-state index in [2.05, 4.69) is 4.90 Å². The van der Waals surface area contributed by atoms with E-state index in [1.807, 2.05) is 0 Å². The van der Waals surface area contributed by atoms with Crippen molar-refractivity contribution >= 4 is 0 Å². The Morgan fingerprint density at radius 3 is 2.31 bits per heavy atom. The lowest BCUT2D eigenvalue weighted by Gasteiger charge is -2.57. The van der Waals surface area contributed by atoms with E-state index >= 15 is 0 Å². The number of hydrogen-bond donors (Lipinski definition) is 0. The van der Waals surface area contributed by atoms with Gasteiger partial charge in [-0.15, -0.1) is 0 Å². The minimum atomic E-state index is 0.632. The van der Waals surface area contributed by atoms with Gasteiger partial charge in [-0.1, -0.05) is 0 Å². The monoisotopic (exact) mass is 179 g/mol. The van der Waals surface area contributed by atoms with Crippen LogP contribution in [0.25, 0.3) is 0 Å². The first-order valence-corrected chi connectivity index (χ1v) is 5.67. The molecule has 2 heteroatoms. The van der Waals surface area contributed by atoms with Gasteiger partial charge in [0, 0.05) is 24.5 Å². The van der Waals surface area contributed by atoms with Crippen LogP contribution < -0.4 is 0 Å². The summed E-state index contributed by atoms with van der Waals surface area (Å²) < 4.78 is 5.30. The van der Waals surface area contributed by atoms with Crippen molar-refractivity contribution in [2.45, 2.75) is 25.3 Å². The van der Waals surface area contributed by atoms with E-state index in [0.29, 0.717) is 5.41 Å². The highest BCUT2D eigenvalue weighted by atomic mass is 16.5. The van der Waals surface area contributed by atoms with Gasteiger partial charge in [-0.05, 0) is 31.1 Å². The number of likely N-dealkylation sites (tertiary alicyclic amines) is 1. The predicted molar refractivity (Wildman–Crippen MR) is 49.4 cm³/mol. The SMILES string of the molecule is C1C2CC1C(N1CC3(COC3)C1)C2. The van der Waals surface area contributed by atoms with E-state index in [1.165, 1.54) is 19.5 Å². The van der Waals surface area contributed by atoms with E-state index in [-0.39, 0.29) is 0 Å². The van der Waals surface area contributed by atoms with Crippen LogP contribution in [0.4, 0.5) is 0 Å². The van der Waals surface area contributed by atoms with Crippen molar-refractivity contribution < 1.29 is 4.74 Å². The van der Waals surface area contributed by atoms with Crippen LogP contribution in [-0.4, -0.2) is 37.2 Å². The van der Waals surface area contributed by atoms with Crippen LogP contribution in [0.3, 0.4) is 0 Å². The van der Waals surface area contributed by atoms with Crippen molar-refractivity contribution in [3.63, 3.8) is 0 Å². The summed E-state index contributed by atoms with van der Waals surface area (Å²) in [4.78, 5) is 2.74. The molecule has 1 atom stereocenters. The molecule has 3 aliphatic carbocycles. The smallest absolute Gasteiger partial charge is 0.0569 e. The molecule has 72 valence electrons. The van der Waals surface area contributed by atoms with Gasteiger partial charge >= 0.3 is 0 Å². The zero-order chi connectivity index (χ0) is 8.47. The lowest BCUT2D eigenvalue weighted by Crippen LogP contribution is -2.68. The molecular formula is C11H17NO. The van der Waals surface area contributed by atoms with Crippen molar-refractivity contribution in [3.8, 4) is 0 Å². The first kappa shape index (κ1) is 7.24. The lowest BCUT2D eigenvalue weighted by molar-refractivity contribution is -0.199. The molecule has 1 spiro atoms. The molecule has 2 aliphatic heterocycles. The normalized spacial score (nSPS) is 51.2. The molecule has 0 aromatic heterocycles. The molecule has 0 radical (unpaired) electrons. The van der Waals surface area contributed by atoms with E-state index in [1.54, 1.807) is 12.8 Å². The summed E-state index contributed by atoms with van der Waals surface area (Å²) in [5, 5.41) is 0. The number of fused-ring (bicyclic) bond motifs is 1. The van der Waals surface area contributed by atoms with Crippen LogP contribution in [0.1, 0.15) is 19.3 Å². The summed E-state index contributed by atoms with van der Waals surface area (Å²) in [6.45, 7) is 4.79. The Hall–Kier alpha value is -0.0800. The molecule has 2 nitrogen and oxygen atoms in total. The van der Waals surface area contributed by atoms with Crippen molar-refractivity contribution in [1.82, 2.24) is 4.90 Å². The molecule has 3 saturated carbocycles. The maximum atomic E-state index is 5.30. The third-order valence-corrected chi connectivity index (χ3v) is 4.75. The van der Waals surface area contributed by atoms with Crippen LogP contribution in [0, 0.1) is 17.3 Å². The van der Waals surface area contributed by atoms with Crippen molar-refractivity contribution in [1.29, 1.82) is 0 Å². The zero-order valence-electron chi connectivity index (χ0n) is 8.04. The average Bonchev–Trinajstić information content (AvgIpc) is 2.34. The van der Waals surface area contributed by atoms with Gasteiger partial charge in [0.2, 0.25) is 0 Å². The number of hydrogen-bond acceptors (Lipinski definition) is 2. The summed E-state index contributed by atoms with van der Waals surface area (Å²) in [6.07, 6.45) is 4.61. The summed E-state index contributed by atoms with van der Waals surface area (Å²) in [6, 6.07) is 0.983. The fourth-order valence-electron chi connectivity index (χ4n) is 3.90. The molecule has 0 aromatic rings. The molecule has 13 heavy (non-hydrogen) atoms. The van der Waals surface area contributed by atoms with E-state index in [9.17, 15) is 0 Å². The number of ether oxygens (including phenoxy) is 1. The Bertz CT molecular complexity index is 234. The Labute approximate surface area is 79.2 Å².